The SMILES string of the molecule is CCC1CC1C1CC1C1CC1C1CC1C1CC1C. The highest BCUT2D eigenvalue weighted by Crippen LogP contribution is 2.72. The Morgan fingerprint density at radius 1 is 0.611 bits per heavy atom. The predicted octanol–water partition coefficient (Wildman–Crippen LogP) is 4.60. The molecule has 5 aliphatic carbocycles. The summed E-state index contributed by atoms with van der Waals surface area (Å²) in [7, 11) is 0. The van der Waals surface area contributed by atoms with Crippen LogP contribution < -0.4 is 0 Å². The van der Waals surface area contributed by atoms with Gasteiger partial charge >= 0.3 is 0 Å². The van der Waals surface area contributed by atoms with E-state index in [4.69, 9.17) is 0 Å². The van der Waals surface area contributed by atoms with Gasteiger partial charge in [-0.3, -0.25) is 0 Å². The zero-order valence-electron chi connectivity index (χ0n) is 12.0. The van der Waals surface area contributed by atoms with E-state index in [0.29, 0.717) is 0 Å². The summed E-state index contributed by atoms with van der Waals surface area (Å²) < 4.78 is 0. The average Bonchev–Trinajstić information content (AvgIpc) is 3.20. The molecule has 5 aliphatic rings. The van der Waals surface area contributed by atoms with Crippen LogP contribution in [0.3, 0.4) is 0 Å². The molecule has 18 heavy (non-hydrogen) atoms. The van der Waals surface area contributed by atoms with Crippen molar-refractivity contribution in [1.82, 2.24) is 0 Å². The van der Waals surface area contributed by atoms with E-state index in [9.17, 15) is 0 Å². The van der Waals surface area contributed by atoms with Crippen LogP contribution in [0.1, 0.15) is 52.4 Å². The Labute approximate surface area is 112 Å². The molecule has 5 fully saturated rings. The first-order valence-electron chi connectivity index (χ1n) is 8.78. The van der Waals surface area contributed by atoms with Crippen molar-refractivity contribution in [2.24, 2.45) is 59.2 Å². The Bertz CT molecular complexity index is 372. The Morgan fingerprint density at radius 2 is 1.06 bits per heavy atom. The van der Waals surface area contributed by atoms with E-state index >= 15 is 0 Å². The highest BCUT2D eigenvalue weighted by molar-refractivity contribution is 5.14. The third kappa shape index (κ3) is 1.56. The summed E-state index contributed by atoms with van der Waals surface area (Å²) in [6.07, 6.45) is 9.55. The van der Waals surface area contributed by atoms with Crippen LogP contribution in [0.4, 0.5) is 0 Å². The fourth-order valence-corrected chi connectivity index (χ4v) is 5.87. The van der Waals surface area contributed by atoms with E-state index in [1.807, 2.05) is 0 Å². The zero-order chi connectivity index (χ0) is 12.0. The van der Waals surface area contributed by atoms with E-state index in [0.717, 1.165) is 11.8 Å². The smallest absolute Gasteiger partial charge is 0.0349 e. The topological polar surface area (TPSA) is 0 Å². The first kappa shape index (κ1) is 10.7. The van der Waals surface area contributed by atoms with Gasteiger partial charge in [-0.1, -0.05) is 20.3 Å². The summed E-state index contributed by atoms with van der Waals surface area (Å²) >= 11 is 0. The lowest BCUT2D eigenvalue weighted by Crippen LogP contribution is -1.95. The Balaban J connectivity index is 1.12. The summed E-state index contributed by atoms with van der Waals surface area (Å²) in [4.78, 5) is 0. The fourth-order valence-electron chi connectivity index (χ4n) is 5.87. The zero-order valence-corrected chi connectivity index (χ0v) is 12.0. The van der Waals surface area contributed by atoms with Crippen molar-refractivity contribution in [3.8, 4) is 0 Å². The minimum absolute atomic E-state index is 1.10. The first-order chi connectivity index (χ1) is 8.78. The molecule has 0 spiro atoms. The molecule has 10 atom stereocenters. The third-order valence-corrected chi connectivity index (χ3v) is 7.55. The van der Waals surface area contributed by atoms with Crippen LogP contribution in [0.15, 0.2) is 0 Å². The lowest BCUT2D eigenvalue weighted by atomic mass is 10.1. The molecule has 0 radical (unpaired) electrons. The molecule has 0 amide bonds. The van der Waals surface area contributed by atoms with Crippen molar-refractivity contribution < 1.29 is 0 Å². The quantitative estimate of drug-likeness (QED) is 0.663. The van der Waals surface area contributed by atoms with Gasteiger partial charge in [0.1, 0.15) is 0 Å². The Hall–Kier alpha value is 0. The van der Waals surface area contributed by atoms with Crippen molar-refractivity contribution in [3.05, 3.63) is 0 Å². The van der Waals surface area contributed by atoms with Gasteiger partial charge in [-0.25, -0.2) is 0 Å². The van der Waals surface area contributed by atoms with Crippen molar-refractivity contribution in [2.75, 3.05) is 0 Å². The van der Waals surface area contributed by atoms with E-state index in [2.05, 4.69) is 13.8 Å². The van der Waals surface area contributed by atoms with Gasteiger partial charge in [0.05, 0.1) is 0 Å². The number of hydrogen-bond donors (Lipinski definition) is 0. The fraction of sp³-hybridized carbons (Fsp3) is 1.00. The lowest BCUT2D eigenvalue weighted by Gasteiger charge is -1.99. The average molecular weight is 244 g/mol. The predicted molar refractivity (Wildman–Crippen MR) is 74.0 cm³/mol. The minimum atomic E-state index is 1.10. The van der Waals surface area contributed by atoms with Crippen LogP contribution in [0.25, 0.3) is 0 Å². The van der Waals surface area contributed by atoms with Gasteiger partial charge in [0.15, 0.2) is 0 Å². The van der Waals surface area contributed by atoms with Gasteiger partial charge in [0, 0.05) is 0 Å². The standard InChI is InChI=1S/C18H28/c1-3-10-5-12(10)14-7-16(14)18-8-17(18)15-6-13(15)11-4-9(11)2/h9-18H,3-8H2,1-2H3. The molecule has 0 saturated heterocycles. The van der Waals surface area contributed by atoms with Gasteiger partial charge in [-0.15, -0.1) is 0 Å². The second kappa shape index (κ2) is 3.36. The molecule has 0 N–H and O–H groups in total. The van der Waals surface area contributed by atoms with Crippen molar-refractivity contribution in [2.45, 2.75) is 52.4 Å². The van der Waals surface area contributed by atoms with Crippen LogP contribution >= 0.6 is 0 Å². The maximum Gasteiger partial charge on any atom is -0.0349 e. The van der Waals surface area contributed by atoms with Crippen molar-refractivity contribution in [1.29, 1.82) is 0 Å². The summed E-state index contributed by atoms with van der Waals surface area (Å²) in [5.74, 6) is 11.9. The molecule has 0 bridgehead atoms. The van der Waals surface area contributed by atoms with Crippen molar-refractivity contribution in [3.63, 3.8) is 0 Å². The minimum Gasteiger partial charge on any atom is -0.0651 e. The molecule has 5 saturated carbocycles. The van der Waals surface area contributed by atoms with Gasteiger partial charge in [0.2, 0.25) is 0 Å². The maximum atomic E-state index is 2.47. The molecule has 100 valence electrons. The summed E-state index contributed by atoms with van der Waals surface area (Å²) in [5.41, 5.74) is 0. The maximum absolute atomic E-state index is 2.47. The summed E-state index contributed by atoms with van der Waals surface area (Å²) in [6, 6.07) is 0. The molecular weight excluding hydrogens is 216 g/mol. The second-order valence-corrected chi connectivity index (χ2v) is 8.63. The normalized spacial score (nSPS) is 67.7. The molecule has 0 nitrogen and oxygen atoms in total. The van der Waals surface area contributed by atoms with Crippen LogP contribution in [0.2, 0.25) is 0 Å². The van der Waals surface area contributed by atoms with E-state index < -0.39 is 0 Å². The van der Waals surface area contributed by atoms with Gasteiger partial charge in [-0.05, 0) is 91.3 Å². The number of rotatable bonds is 5. The lowest BCUT2D eigenvalue weighted by molar-refractivity contribution is 0.476. The monoisotopic (exact) mass is 244 g/mol. The van der Waals surface area contributed by atoms with Gasteiger partial charge in [0.25, 0.3) is 0 Å². The molecule has 0 aromatic carbocycles. The highest BCUT2D eigenvalue weighted by Gasteiger charge is 2.65. The highest BCUT2D eigenvalue weighted by atomic mass is 14.7. The largest absolute Gasteiger partial charge is 0.0651 e. The van der Waals surface area contributed by atoms with E-state index in [1.165, 1.54) is 53.8 Å². The van der Waals surface area contributed by atoms with E-state index in [1.54, 1.807) is 32.1 Å². The second-order valence-electron chi connectivity index (χ2n) is 8.63. The Morgan fingerprint density at radius 3 is 1.44 bits per heavy atom. The molecule has 5 rings (SSSR count). The molecule has 10 unspecified atom stereocenters. The molecule has 0 heterocycles. The third-order valence-electron chi connectivity index (χ3n) is 7.55. The first-order valence-corrected chi connectivity index (χ1v) is 8.78. The van der Waals surface area contributed by atoms with Crippen LogP contribution in [0, 0.1) is 59.2 Å². The Kier molecular flexibility index (Phi) is 2.01. The molecule has 0 aliphatic heterocycles. The van der Waals surface area contributed by atoms with Crippen molar-refractivity contribution >= 4 is 0 Å². The van der Waals surface area contributed by atoms with Crippen LogP contribution in [0.5, 0.6) is 0 Å². The molecular formula is C18H28. The molecule has 0 heteroatoms. The summed E-state index contributed by atoms with van der Waals surface area (Å²) in [6.45, 7) is 4.87. The van der Waals surface area contributed by atoms with E-state index in [-0.39, 0.29) is 0 Å². The van der Waals surface area contributed by atoms with Gasteiger partial charge in [-0.2, -0.15) is 0 Å². The van der Waals surface area contributed by atoms with Crippen LogP contribution in [-0.2, 0) is 0 Å². The summed E-state index contributed by atoms with van der Waals surface area (Å²) in [5, 5.41) is 0. The van der Waals surface area contributed by atoms with Gasteiger partial charge < -0.3 is 0 Å². The number of hydrogen-bond acceptors (Lipinski definition) is 0. The molecule has 0 aromatic heterocycles. The van der Waals surface area contributed by atoms with Crippen LogP contribution in [-0.4, -0.2) is 0 Å². The molecule has 0 aromatic rings.